The van der Waals surface area contributed by atoms with Crippen LogP contribution in [-0.4, -0.2) is 50.2 Å². The summed E-state index contributed by atoms with van der Waals surface area (Å²) in [6.45, 7) is 6.00. The predicted molar refractivity (Wildman–Crippen MR) is 80.6 cm³/mol. The van der Waals surface area contributed by atoms with Gasteiger partial charge >= 0.3 is 5.97 Å². The van der Waals surface area contributed by atoms with E-state index in [0.29, 0.717) is 12.6 Å². The van der Waals surface area contributed by atoms with Crippen LogP contribution in [0, 0.1) is 11.8 Å². The molecule has 4 nitrogen and oxygen atoms in total. The maximum atomic E-state index is 11.7. The lowest BCUT2D eigenvalue weighted by Crippen LogP contribution is -2.42. The van der Waals surface area contributed by atoms with E-state index in [4.69, 9.17) is 4.74 Å². The number of hydrogen-bond donors (Lipinski definition) is 1. The molecule has 2 rings (SSSR count). The van der Waals surface area contributed by atoms with Gasteiger partial charge in [0.25, 0.3) is 0 Å². The minimum Gasteiger partial charge on any atom is -0.466 e. The van der Waals surface area contributed by atoms with Crippen molar-refractivity contribution in [3.05, 3.63) is 0 Å². The zero-order chi connectivity index (χ0) is 14.4. The van der Waals surface area contributed by atoms with Gasteiger partial charge in [-0.15, -0.1) is 0 Å². The number of rotatable bonds is 5. The van der Waals surface area contributed by atoms with Crippen LogP contribution in [0.3, 0.4) is 0 Å². The van der Waals surface area contributed by atoms with E-state index >= 15 is 0 Å². The topological polar surface area (TPSA) is 41.6 Å². The number of likely N-dealkylation sites (tertiary alicyclic amines) is 1. The van der Waals surface area contributed by atoms with Gasteiger partial charge in [-0.05, 0) is 71.5 Å². The fraction of sp³-hybridized carbons (Fsp3) is 0.938. The molecule has 0 aromatic rings. The number of nitrogens with one attached hydrogen (secondary N) is 1. The van der Waals surface area contributed by atoms with E-state index in [0.717, 1.165) is 38.1 Å². The summed E-state index contributed by atoms with van der Waals surface area (Å²) in [5.41, 5.74) is 0. The van der Waals surface area contributed by atoms with E-state index in [1.165, 1.54) is 25.9 Å². The molecule has 2 fully saturated rings. The van der Waals surface area contributed by atoms with Crippen LogP contribution in [0.2, 0.25) is 0 Å². The number of nitrogens with zero attached hydrogens (tertiary/aromatic N) is 1. The number of carbonyl (C=O) groups excluding carboxylic acids is 1. The molecule has 2 aliphatic rings. The van der Waals surface area contributed by atoms with Gasteiger partial charge < -0.3 is 15.0 Å². The highest BCUT2D eigenvalue weighted by atomic mass is 16.5. The molecule has 1 atom stereocenters. The quantitative estimate of drug-likeness (QED) is 0.784. The Balaban J connectivity index is 1.63. The summed E-state index contributed by atoms with van der Waals surface area (Å²) in [5, 5.41) is 3.72. The summed E-state index contributed by atoms with van der Waals surface area (Å²) in [6.07, 6.45) is 6.90. The summed E-state index contributed by atoms with van der Waals surface area (Å²) in [4.78, 5) is 14.1. The third-order valence-corrected chi connectivity index (χ3v) is 4.76. The molecule has 1 heterocycles. The summed E-state index contributed by atoms with van der Waals surface area (Å²) >= 11 is 0. The third kappa shape index (κ3) is 4.74. The molecule has 1 saturated carbocycles. The average Bonchev–Trinajstić information content (AvgIpc) is 2.46. The molecule has 1 aliphatic carbocycles. The van der Waals surface area contributed by atoms with Crippen LogP contribution in [0.15, 0.2) is 0 Å². The lowest BCUT2D eigenvalue weighted by Gasteiger charge is -2.33. The highest BCUT2D eigenvalue weighted by Gasteiger charge is 2.27. The van der Waals surface area contributed by atoms with Gasteiger partial charge in [-0.3, -0.25) is 4.79 Å². The monoisotopic (exact) mass is 282 g/mol. The van der Waals surface area contributed by atoms with Crippen molar-refractivity contribution in [2.75, 3.05) is 33.3 Å². The van der Waals surface area contributed by atoms with Crippen molar-refractivity contribution in [1.29, 1.82) is 0 Å². The fourth-order valence-electron chi connectivity index (χ4n) is 3.57. The smallest absolute Gasteiger partial charge is 0.308 e. The molecule has 1 unspecified atom stereocenters. The maximum Gasteiger partial charge on any atom is 0.308 e. The minimum atomic E-state index is 0.0138. The van der Waals surface area contributed by atoms with Crippen LogP contribution in [0.1, 0.15) is 45.4 Å². The highest BCUT2D eigenvalue weighted by Crippen LogP contribution is 2.26. The number of esters is 1. The fourth-order valence-corrected chi connectivity index (χ4v) is 3.57. The van der Waals surface area contributed by atoms with Crippen molar-refractivity contribution >= 4 is 5.97 Å². The van der Waals surface area contributed by atoms with Gasteiger partial charge in [-0.1, -0.05) is 0 Å². The SMILES string of the molecule is CCOC(=O)C1CCC(NCC2CCCN(C)C2)CC1. The number of piperidine rings is 1. The van der Waals surface area contributed by atoms with E-state index in [2.05, 4.69) is 17.3 Å². The lowest BCUT2D eigenvalue weighted by molar-refractivity contribution is -0.149. The largest absolute Gasteiger partial charge is 0.466 e. The van der Waals surface area contributed by atoms with Crippen molar-refractivity contribution in [1.82, 2.24) is 10.2 Å². The minimum absolute atomic E-state index is 0.0138. The Hall–Kier alpha value is -0.610. The molecule has 1 aliphatic heterocycles. The Morgan fingerprint density at radius 3 is 2.65 bits per heavy atom. The van der Waals surface area contributed by atoms with Crippen LogP contribution in [0.25, 0.3) is 0 Å². The van der Waals surface area contributed by atoms with E-state index in [9.17, 15) is 4.79 Å². The van der Waals surface area contributed by atoms with E-state index in [-0.39, 0.29) is 11.9 Å². The van der Waals surface area contributed by atoms with Gasteiger partial charge in [0.1, 0.15) is 0 Å². The molecule has 1 N–H and O–H groups in total. The molecule has 1 saturated heterocycles. The first-order chi connectivity index (χ1) is 9.69. The highest BCUT2D eigenvalue weighted by molar-refractivity contribution is 5.72. The van der Waals surface area contributed by atoms with Crippen molar-refractivity contribution in [2.45, 2.75) is 51.5 Å². The van der Waals surface area contributed by atoms with Crippen LogP contribution >= 0.6 is 0 Å². The first-order valence-corrected chi connectivity index (χ1v) is 8.27. The molecule has 4 heteroatoms. The summed E-state index contributed by atoms with van der Waals surface area (Å²) < 4.78 is 5.12. The van der Waals surface area contributed by atoms with Gasteiger partial charge in [0, 0.05) is 12.6 Å². The molecule has 0 amide bonds. The van der Waals surface area contributed by atoms with Crippen molar-refractivity contribution in [3.63, 3.8) is 0 Å². The third-order valence-electron chi connectivity index (χ3n) is 4.76. The van der Waals surface area contributed by atoms with Crippen LogP contribution in [0.4, 0.5) is 0 Å². The Bertz CT molecular complexity index is 301. The second kappa shape index (κ2) is 7.99. The molecule has 0 spiro atoms. The second-order valence-electron chi connectivity index (χ2n) is 6.48. The van der Waals surface area contributed by atoms with Gasteiger partial charge in [0.15, 0.2) is 0 Å². The molecular formula is C16H30N2O2. The van der Waals surface area contributed by atoms with Crippen molar-refractivity contribution in [2.24, 2.45) is 11.8 Å². The van der Waals surface area contributed by atoms with Crippen molar-refractivity contribution < 1.29 is 9.53 Å². The first kappa shape index (κ1) is 15.8. The predicted octanol–water partition coefficient (Wildman–Crippen LogP) is 2.04. The van der Waals surface area contributed by atoms with Crippen LogP contribution < -0.4 is 5.32 Å². The van der Waals surface area contributed by atoms with E-state index in [1.54, 1.807) is 0 Å². The van der Waals surface area contributed by atoms with Crippen LogP contribution in [-0.2, 0) is 9.53 Å². The Morgan fingerprint density at radius 1 is 1.25 bits per heavy atom. The molecule has 20 heavy (non-hydrogen) atoms. The summed E-state index contributed by atoms with van der Waals surface area (Å²) in [6, 6.07) is 0.605. The molecule has 116 valence electrons. The molecule has 0 bridgehead atoms. The maximum absolute atomic E-state index is 11.7. The van der Waals surface area contributed by atoms with Gasteiger partial charge in [0.2, 0.25) is 0 Å². The van der Waals surface area contributed by atoms with Gasteiger partial charge in [0.05, 0.1) is 12.5 Å². The first-order valence-electron chi connectivity index (χ1n) is 8.27. The summed E-state index contributed by atoms with van der Waals surface area (Å²) in [7, 11) is 2.22. The average molecular weight is 282 g/mol. The lowest BCUT2D eigenvalue weighted by atomic mass is 9.85. The molecule has 0 radical (unpaired) electrons. The zero-order valence-corrected chi connectivity index (χ0v) is 13.1. The van der Waals surface area contributed by atoms with Crippen molar-refractivity contribution in [3.8, 4) is 0 Å². The number of hydrogen-bond acceptors (Lipinski definition) is 4. The van der Waals surface area contributed by atoms with E-state index in [1.807, 2.05) is 6.92 Å². The van der Waals surface area contributed by atoms with Crippen LogP contribution in [0.5, 0.6) is 0 Å². The second-order valence-corrected chi connectivity index (χ2v) is 6.48. The zero-order valence-electron chi connectivity index (χ0n) is 13.1. The standard InChI is InChI=1S/C16H30N2O2/c1-3-20-16(19)14-6-8-15(9-7-14)17-11-13-5-4-10-18(2)12-13/h13-15,17H,3-12H2,1-2H3. The summed E-state index contributed by atoms with van der Waals surface area (Å²) in [5.74, 6) is 0.963. The Kier molecular flexibility index (Phi) is 6.30. The molecular weight excluding hydrogens is 252 g/mol. The number of carbonyl (C=O) groups is 1. The number of ether oxygens (including phenoxy) is 1. The van der Waals surface area contributed by atoms with Gasteiger partial charge in [-0.25, -0.2) is 0 Å². The Morgan fingerprint density at radius 2 is 2.00 bits per heavy atom. The molecule has 0 aromatic carbocycles. The molecule has 0 aromatic heterocycles. The Labute approximate surface area is 123 Å². The normalized spacial score (nSPS) is 32.0. The van der Waals surface area contributed by atoms with E-state index < -0.39 is 0 Å². The van der Waals surface area contributed by atoms with Gasteiger partial charge in [-0.2, -0.15) is 0 Å².